The maximum Gasteiger partial charge on any atom is 0.251 e. The number of carbonyl (C=O) groups is 1. The average molecular weight is 251 g/mol. The Labute approximate surface area is 107 Å². The lowest BCUT2D eigenvalue weighted by Crippen LogP contribution is -2.27. The first-order valence-electron chi connectivity index (χ1n) is 5.88. The number of ether oxygens (including phenoxy) is 1. The molecule has 1 aromatic carbocycles. The highest BCUT2D eigenvalue weighted by Crippen LogP contribution is 2.08. The third-order valence-electron chi connectivity index (χ3n) is 2.42. The molecule has 0 bridgehead atoms. The van der Waals surface area contributed by atoms with E-state index in [1.807, 2.05) is 0 Å². The Morgan fingerprint density at radius 2 is 2.28 bits per heavy atom. The van der Waals surface area contributed by atoms with E-state index < -0.39 is 0 Å². The summed E-state index contributed by atoms with van der Waals surface area (Å²) in [5, 5.41) is 2.71. The van der Waals surface area contributed by atoms with Crippen LogP contribution in [0.15, 0.2) is 30.9 Å². The zero-order valence-electron chi connectivity index (χ0n) is 10.5. The Balaban J connectivity index is 2.32. The molecule has 1 aromatic rings. The van der Waals surface area contributed by atoms with Crippen LogP contribution in [-0.2, 0) is 4.74 Å². The molecule has 0 aliphatic heterocycles. The van der Waals surface area contributed by atoms with Gasteiger partial charge in [-0.25, -0.2) is 4.39 Å². The van der Waals surface area contributed by atoms with Gasteiger partial charge < -0.3 is 10.1 Å². The smallest absolute Gasteiger partial charge is 0.251 e. The average Bonchev–Trinajstić information content (AvgIpc) is 2.36. The van der Waals surface area contributed by atoms with E-state index in [2.05, 4.69) is 11.9 Å². The number of carbonyl (C=O) groups excluding carboxylic acids is 1. The van der Waals surface area contributed by atoms with Crippen LogP contribution in [0.3, 0.4) is 0 Å². The van der Waals surface area contributed by atoms with Crippen molar-refractivity contribution in [1.29, 1.82) is 0 Å². The number of amides is 1. The van der Waals surface area contributed by atoms with E-state index in [0.717, 1.165) is 6.42 Å². The summed E-state index contributed by atoms with van der Waals surface area (Å²) in [6.07, 6.45) is 2.57. The summed E-state index contributed by atoms with van der Waals surface area (Å²) in [4.78, 5) is 11.7. The minimum Gasteiger partial charge on any atom is -0.379 e. The monoisotopic (exact) mass is 251 g/mol. The van der Waals surface area contributed by atoms with Crippen LogP contribution in [0.5, 0.6) is 0 Å². The van der Waals surface area contributed by atoms with Crippen molar-refractivity contribution < 1.29 is 13.9 Å². The summed E-state index contributed by atoms with van der Waals surface area (Å²) in [5.41, 5.74) is 0.921. The predicted octanol–water partition coefficient (Wildman–Crippen LogP) is 2.46. The first-order valence-corrected chi connectivity index (χ1v) is 5.88. The van der Waals surface area contributed by atoms with Crippen molar-refractivity contribution in [3.63, 3.8) is 0 Å². The molecule has 1 amide bonds. The molecule has 3 nitrogen and oxygen atoms in total. The Kier molecular flexibility index (Phi) is 6.08. The van der Waals surface area contributed by atoms with Crippen molar-refractivity contribution in [2.75, 3.05) is 19.8 Å². The molecule has 0 unspecified atom stereocenters. The zero-order valence-corrected chi connectivity index (χ0v) is 10.5. The molecule has 0 fully saturated rings. The summed E-state index contributed by atoms with van der Waals surface area (Å²) in [6, 6.07) is 4.30. The van der Waals surface area contributed by atoms with Crippen LogP contribution in [0.4, 0.5) is 4.39 Å². The second kappa shape index (κ2) is 7.61. The number of hydrogen-bond donors (Lipinski definition) is 1. The van der Waals surface area contributed by atoms with Gasteiger partial charge in [0.1, 0.15) is 5.82 Å². The van der Waals surface area contributed by atoms with Crippen LogP contribution in [-0.4, -0.2) is 25.7 Å². The van der Waals surface area contributed by atoms with Gasteiger partial charge in [-0.3, -0.25) is 4.79 Å². The minimum absolute atomic E-state index is 0.217. The van der Waals surface area contributed by atoms with Gasteiger partial charge in [-0.1, -0.05) is 6.08 Å². The standard InChI is InChI=1S/C14H18FNO2/c1-3-4-8-18-9-7-16-14(17)12-5-6-13(15)11(2)10-12/h3,5-6,10H,1,4,7-9H2,2H3,(H,16,17). The van der Waals surface area contributed by atoms with Gasteiger partial charge in [0, 0.05) is 12.1 Å². The maximum absolute atomic E-state index is 13.0. The lowest BCUT2D eigenvalue weighted by Gasteiger charge is -2.06. The summed E-state index contributed by atoms with van der Waals surface area (Å²) in [6.45, 7) is 6.71. The van der Waals surface area contributed by atoms with Gasteiger partial charge in [0.25, 0.3) is 5.91 Å². The van der Waals surface area contributed by atoms with E-state index in [1.165, 1.54) is 18.2 Å². The number of hydrogen-bond acceptors (Lipinski definition) is 2. The summed E-state index contributed by atoms with van der Waals surface area (Å²) in [5.74, 6) is -0.523. The molecule has 0 heterocycles. The molecular weight excluding hydrogens is 233 g/mol. The number of aryl methyl sites for hydroxylation is 1. The summed E-state index contributed by atoms with van der Waals surface area (Å²) in [7, 11) is 0. The quantitative estimate of drug-likeness (QED) is 0.597. The minimum atomic E-state index is -0.306. The molecule has 0 saturated heterocycles. The predicted molar refractivity (Wildman–Crippen MR) is 69.1 cm³/mol. The van der Waals surface area contributed by atoms with Crippen LogP contribution in [0.25, 0.3) is 0 Å². The van der Waals surface area contributed by atoms with Crippen LogP contribution >= 0.6 is 0 Å². The zero-order chi connectivity index (χ0) is 13.4. The molecule has 0 spiro atoms. The molecule has 98 valence electrons. The van der Waals surface area contributed by atoms with Crippen LogP contribution < -0.4 is 5.32 Å². The molecule has 1 N–H and O–H groups in total. The number of rotatable bonds is 7. The molecule has 0 radical (unpaired) electrons. The Morgan fingerprint density at radius 1 is 1.50 bits per heavy atom. The van der Waals surface area contributed by atoms with Gasteiger partial charge in [-0.05, 0) is 37.1 Å². The van der Waals surface area contributed by atoms with Crippen molar-refractivity contribution in [2.45, 2.75) is 13.3 Å². The summed E-state index contributed by atoms with van der Waals surface area (Å²) < 4.78 is 18.3. The third kappa shape index (κ3) is 4.67. The first kappa shape index (κ1) is 14.4. The van der Waals surface area contributed by atoms with E-state index in [-0.39, 0.29) is 11.7 Å². The van der Waals surface area contributed by atoms with E-state index in [0.29, 0.717) is 30.9 Å². The normalized spacial score (nSPS) is 10.1. The Morgan fingerprint density at radius 3 is 2.94 bits per heavy atom. The van der Waals surface area contributed by atoms with E-state index >= 15 is 0 Å². The first-order chi connectivity index (χ1) is 8.65. The van der Waals surface area contributed by atoms with Gasteiger partial charge in [0.05, 0.1) is 13.2 Å². The fourth-order valence-electron chi connectivity index (χ4n) is 1.39. The van der Waals surface area contributed by atoms with E-state index in [9.17, 15) is 9.18 Å². The molecule has 0 saturated carbocycles. The second-order valence-electron chi connectivity index (χ2n) is 3.91. The van der Waals surface area contributed by atoms with Crippen LogP contribution in [0, 0.1) is 12.7 Å². The molecule has 18 heavy (non-hydrogen) atoms. The molecular formula is C14H18FNO2. The Bertz CT molecular complexity index is 418. The molecule has 1 rings (SSSR count). The molecule has 0 aliphatic carbocycles. The number of halogens is 1. The van der Waals surface area contributed by atoms with Gasteiger partial charge in [-0.15, -0.1) is 6.58 Å². The second-order valence-corrected chi connectivity index (χ2v) is 3.91. The lowest BCUT2D eigenvalue weighted by molar-refractivity contribution is 0.0918. The highest BCUT2D eigenvalue weighted by Gasteiger charge is 2.06. The SMILES string of the molecule is C=CCCOCCNC(=O)c1ccc(F)c(C)c1. The highest BCUT2D eigenvalue weighted by molar-refractivity contribution is 5.94. The van der Waals surface area contributed by atoms with Crippen molar-refractivity contribution in [3.8, 4) is 0 Å². The number of nitrogens with one attached hydrogen (secondary N) is 1. The summed E-state index contributed by atoms with van der Waals surface area (Å²) >= 11 is 0. The third-order valence-corrected chi connectivity index (χ3v) is 2.42. The lowest BCUT2D eigenvalue weighted by atomic mass is 10.1. The molecule has 0 aromatic heterocycles. The van der Waals surface area contributed by atoms with Crippen molar-refractivity contribution in [2.24, 2.45) is 0 Å². The maximum atomic E-state index is 13.0. The topological polar surface area (TPSA) is 38.3 Å². The van der Waals surface area contributed by atoms with E-state index in [1.54, 1.807) is 13.0 Å². The van der Waals surface area contributed by atoms with Crippen LogP contribution in [0.1, 0.15) is 22.3 Å². The fraction of sp³-hybridized carbons (Fsp3) is 0.357. The fourth-order valence-corrected chi connectivity index (χ4v) is 1.39. The van der Waals surface area contributed by atoms with Crippen molar-refractivity contribution in [1.82, 2.24) is 5.32 Å². The molecule has 0 aliphatic rings. The highest BCUT2D eigenvalue weighted by atomic mass is 19.1. The molecule has 4 heteroatoms. The van der Waals surface area contributed by atoms with Gasteiger partial charge in [0.15, 0.2) is 0 Å². The largest absolute Gasteiger partial charge is 0.379 e. The van der Waals surface area contributed by atoms with Gasteiger partial charge >= 0.3 is 0 Å². The van der Waals surface area contributed by atoms with Crippen molar-refractivity contribution in [3.05, 3.63) is 47.8 Å². The van der Waals surface area contributed by atoms with Gasteiger partial charge in [0.2, 0.25) is 0 Å². The van der Waals surface area contributed by atoms with Gasteiger partial charge in [-0.2, -0.15) is 0 Å². The van der Waals surface area contributed by atoms with Crippen molar-refractivity contribution >= 4 is 5.91 Å². The Hall–Kier alpha value is -1.68. The van der Waals surface area contributed by atoms with Crippen LogP contribution in [0.2, 0.25) is 0 Å². The van der Waals surface area contributed by atoms with E-state index in [4.69, 9.17) is 4.74 Å². The molecule has 0 atom stereocenters. The number of benzene rings is 1.